The van der Waals surface area contributed by atoms with Gasteiger partial charge in [0.2, 0.25) is 0 Å². The molecule has 104 valence electrons. The van der Waals surface area contributed by atoms with E-state index in [0.29, 0.717) is 18.9 Å². The molecule has 1 saturated heterocycles. The van der Waals surface area contributed by atoms with E-state index in [0.717, 1.165) is 0 Å². The summed E-state index contributed by atoms with van der Waals surface area (Å²) >= 11 is 0. The smallest absolute Gasteiger partial charge is 0.287 e. The van der Waals surface area contributed by atoms with Crippen molar-refractivity contribution in [2.75, 3.05) is 24.6 Å². The Hall–Kier alpha value is -1.73. The van der Waals surface area contributed by atoms with Crippen LogP contribution in [0.4, 0.5) is 11.5 Å². The van der Waals surface area contributed by atoms with Crippen molar-refractivity contribution in [2.24, 2.45) is 0 Å². The van der Waals surface area contributed by atoms with Crippen molar-refractivity contribution in [1.29, 1.82) is 0 Å². The van der Waals surface area contributed by atoms with Crippen molar-refractivity contribution < 1.29 is 14.8 Å². The Morgan fingerprint density at radius 3 is 2.89 bits per heavy atom. The van der Waals surface area contributed by atoms with Gasteiger partial charge in [-0.2, -0.15) is 0 Å². The molecule has 0 radical (unpaired) electrons. The highest BCUT2D eigenvalue weighted by Crippen LogP contribution is 2.25. The predicted octanol–water partition coefficient (Wildman–Crippen LogP) is 0.966. The van der Waals surface area contributed by atoms with Crippen LogP contribution in [0.25, 0.3) is 0 Å². The molecule has 0 bridgehead atoms. The highest BCUT2D eigenvalue weighted by atomic mass is 16.6. The van der Waals surface area contributed by atoms with E-state index in [1.807, 2.05) is 18.7 Å². The van der Waals surface area contributed by atoms with Crippen LogP contribution in [0.1, 0.15) is 13.8 Å². The Morgan fingerprint density at radius 1 is 1.63 bits per heavy atom. The fraction of sp³-hybridized carbons (Fsp3) is 0.583. The molecule has 0 saturated carbocycles. The first-order valence-corrected chi connectivity index (χ1v) is 6.05. The number of ether oxygens (including phenoxy) is 1. The molecule has 7 heteroatoms. The first-order valence-electron chi connectivity index (χ1n) is 6.05. The molecule has 2 rings (SSSR count). The quantitative estimate of drug-likeness (QED) is 0.648. The summed E-state index contributed by atoms with van der Waals surface area (Å²) in [5, 5.41) is 19.8. The number of nitrogens with zero attached hydrogens (tertiary/aromatic N) is 3. The zero-order valence-electron chi connectivity index (χ0n) is 10.9. The first-order chi connectivity index (χ1) is 8.91. The van der Waals surface area contributed by atoms with Gasteiger partial charge in [-0.3, -0.25) is 10.1 Å². The third-order valence-corrected chi connectivity index (χ3v) is 2.95. The zero-order chi connectivity index (χ0) is 14.0. The number of morpholine rings is 1. The monoisotopic (exact) mass is 267 g/mol. The molecule has 1 atom stereocenters. The number of aromatic nitrogens is 1. The molecule has 1 aliphatic heterocycles. The van der Waals surface area contributed by atoms with Crippen LogP contribution in [0.3, 0.4) is 0 Å². The van der Waals surface area contributed by atoms with E-state index in [-0.39, 0.29) is 18.4 Å². The van der Waals surface area contributed by atoms with Gasteiger partial charge >= 0.3 is 0 Å². The van der Waals surface area contributed by atoms with Crippen molar-refractivity contribution in [3.63, 3.8) is 0 Å². The van der Waals surface area contributed by atoms with Crippen LogP contribution in [0, 0.1) is 10.1 Å². The van der Waals surface area contributed by atoms with Crippen LogP contribution in [0.2, 0.25) is 0 Å². The average molecular weight is 267 g/mol. The third-order valence-electron chi connectivity index (χ3n) is 2.95. The number of pyridine rings is 1. The summed E-state index contributed by atoms with van der Waals surface area (Å²) in [5.74, 6) is 0.653. The maximum absolute atomic E-state index is 10.6. The predicted molar refractivity (Wildman–Crippen MR) is 69.1 cm³/mol. The summed E-state index contributed by atoms with van der Waals surface area (Å²) in [6.07, 6.45) is 0.965. The Labute approximate surface area is 111 Å². The lowest BCUT2D eigenvalue weighted by atomic mass is 10.1. The molecular weight excluding hydrogens is 250 g/mol. The van der Waals surface area contributed by atoms with Crippen LogP contribution >= 0.6 is 0 Å². The second-order valence-corrected chi connectivity index (χ2v) is 5.19. The van der Waals surface area contributed by atoms with Crippen molar-refractivity contribution in [1.82, 2.24) is 4.98 Å². The lowest BCUT2D eigenvalue weighted by Crippen LogP contribution is -2.54. The van der Waals surface area contributed by atoms with E-state index in [1.165, 1.54) is 12.3 Å². The second kappa shape index (κ2) is 5.10. The summed E-state index contributed by atoms with van der Waals surface area (Å²) in [4.78, 5) is 16.2. The molecule has 1 aliphatic rings. The molecule has 1 aromatic rings. The number of aliphatic hydroxyl groups excluding tert-OH is 1. The normalized spacial score (nSPS) is 22.3. The van der Waals surface area contributed by atoms with E-state index in [9.17, 15) is 15.2 Å². The third kappa shape index (κ3) is 3.18. The molecule has 1 fully saturated rings. The standard InChI is InChI=1S/C12H17N3O4/c1-12(2)8-14(6-10(7-16)19-12)11-4-3-9(5-13-11)15(17)18/h3-5,10,16H,6-8H2,1-2H3. The van der Waals surface area contributed by atoms with Gasteiger partial charge in [-0.25, -0.2) is 4.98 Å². The van der Waals surface area contributed by atoms with E-state index in [4.69, 9.17) is 4.74 Å². The van der Waals surface area contributed by atoms with Crippen molar-refractivity contribution in [3.05, 3.63) is 28.4 Å². The summed E-state index contributed by atoms with van der Waals surface area (Å²) in [7, 11) is 0. The zero-order valence-corrected chi connectivity index (χ0v) is 10.9. The molecule has 1 unspecified atom stereocenters. The van der Waals surface area contributed by atoms with E-state index < -0.39 is 10.5 Å². The fourth-order valence-electron chi connectivity index (χ4n) is 2.24. The summed E-state index contributed by atoms with van der Waals surface area (Å²) < 4.78 is 5.71. The Morgan fingerprint density at radius 2 is 2.37 bits per heavy atom. The van der Waals surface area contributed by atoms with Gasteiger partial charge in [-0.1, -0.05) is 0 Å². The molecule has 2 heterocycles. The SMILES string of the molecule is CC1(C)CN(c2ccc([N+](=O)[O-])cn2)CC(CO)O1. The molecule has 0 aromatic carbocycles. The highest BCUT2D eigenvalue weighted by Gasteiger charge is 2.33. The number of rotatable bonds is 3. The molecule has 7 nitrogen and oxygen atoms in total. The van der Waals surface area contributed by atoms with Gasteiger partial charge in [0.1, 0.15) is 12.0 Å². The molecule has 0 aliphatic carbocycles. The average Bonchev–Trinajstić information content (AvgIpc) is 2.37. The van der Waals surface area contributed by atoms with Crippen LogP contribution in [0.15, 0.2) is 18.3 Å². The minimum absolute atomic E-state index is 0.0324. The van der Waals surface area contributed by atoms with Gasteiger partial charge in [0, 0.05) is 19.2 Å². The van der Waals surface area contributed by atoms with Crippen LogP contribution in [-0.4, -0.2) is 46.4 Å². The van der Waals surface area contributed by atoms with Gasteiger partial charge in [-0.05, 0) is 19.9 Å². The van der Waals surface area contributed by atoms with Gasteiger partial charge in [0.05, 0.1) is 23.2 Å². The van der Waals surface area contributed by atoms with Gasteiger partial charge in [0.15, 0.2) is 0 Å². The highest BCUT2D eigenvalue weighted by molar-refractivity contribution is 5.43. The molecule has 1 aromatic heterocycles. The number of anilines is 1. The molecule has 19 heavy (non-hydrogen) atoms. The van der Waals surface area contributed by atoms with Gasteiger partial charge in [0.25, 0.3) is 5.69 Å². The Balaban J connectivity index is 2.18. The largest absolute Gasteiger partial charge is 0.394 e. The Kier molecular flexibility index (Phi) is 3.68. The number of hydrogen-bond donors (Lipinski definition) is 1. The van der Waals surface area contributed by atoms with Gasteiger partial charge in [-0.15, -0.1) is 0 Å². The number of nitro groups is 1. The molecule has 1 N–H and O–H groups in total. The van der Waals surface area contributed by atoms with E-state index in [2.05, 4.69) is 4.98 Å². The topological polar surface area (TPSA) is 88.7 Å². The summed E-state index contributed by atoms with van der Waals surface area (Å²) in [6.45, 7) is 4.95. The van der Waals surface area contributed by atoms with E-state index >= 15 is 0 Å². The summed E-state index contributed by atoms with van der Waals surface area (Å²) in [6, 6.07) is 3.05. The van der Waals surface area contributed by atoms with Crippen LogP contribution in [-0.2, 0) is 4.74 Å². The van der Waals surface area contributed by atoms with Crippen molar-refractivity contribution >= 4 is 11.5 Å². The second-order valence-electron chi connectivity index (χ2n) is 5.19. The Bertz CT molecular complexity index is 461. The fourth-order valence-corrected chi connectivity index (χ4v) is 2.24. The first kappa shape index (κ1) is 13.7. The maximum Gasteiger partial charge on any atom is 0.287 e. The van der Waals surface area contributed by atoms with Crippen molar-refractivity contribution in [2.45, 2.75) is 25.6 Å². The molecule has 0 spiro atoms. The van der Waals surface area contributed by atoms with Crippen LogP contribution in [0.5, 0.6) is 0 Å². The lowest BCUT2D eigenvalue weighted by molar-refractivity contribution is -0.385. The minimum atomic E-state index is -0.476. The van der Waals surface area contributed by atoms with Crippen LogP contribution < -0.4 is 4.90 Å². The number of hydrogen-bond acceptors (Lipinski definition) is 6. The lowest BCUT2D eigenvalue weighted by Gasteiger charge is -2.42. The van der Waals surface area contributed by atoms with Gasteiger partial charge < -0.3 is 14.7 Å². The maximum atomic E-state index is 10.6. The number of aliphatic hydroxyl groups is 1. The minimum Gasteiger partial charge on any atom is -0.394 e. The van der Waals surface area contributed by atoms with Crippen molar-refractivity contribution in [3.8, 4) is 0 Å². The summed E-state index contributed by atoms with van der Waals surface area (Å²) in [5.41, 5.74) is -0.426. The molecular formula is C12H17N3O4. The van der Waals surface area contributed by atoms with E-state index in [1.54, 1.807) is 6.07 Å². The molecule has 0 amide bonds.